The lowest BCUT2D eigenvalue weighted by Crippen LogP contribution is -2.64. The number of piperidine rings is 3. The zero-order valence-corrected chi connectivity index (χ0v) is 19.7. The Morgan fingerprint density at radius 1 is 0.829 bits per heavy atom. The van der Waals surface area contributed by atoms with Crippen LogP contribution >= 0.6 is 0 Å². The summed E-state index contributed by atoms with van der Waals surface area (Å²) >= 11 is 0. The second-order valence-corrected chi connectivity index (χ2v) is 9.51. The molecule has 1 unspecified atom stereocenters. The molecule has 3 saturated heterocycles. The minimum absolute atomic E-state index is 0.292. The molecule has 6 rings (SSSR count). The normalized spacial score (nSPS) is 26.7. The van der Waals surface area contributed by atoms with Crippen molar-refractivity contribution < 1.29 is 29.7 Å². The largest absolute Gasteiger partial charge is 0.481 e. The van der Waals surface area contributed by atoms with Crippen LogP contribution in [0.2, 0.25) is 0 Å². The molecule has 0 radical (unpaired) electrons. The van der Waals surface area contributed by atoms with Crippen molar-refractivity contribution in [2.45, 2.75) is 37.6 Å². The van der Waals surface area contributed by atoms with E-state index in [4.69, 9.17) is 10.2 Å². The first-order chi connectivity index (χ1) is 16.8. The van der Waals surface area contributed by atoms with Gasteiger partial charge in [-0.3, -0.25) is 14.5 Å². The molecule has 0 spiro atoms. The van der Waals surface area contributed by atoms with Crippen molar-refractivity contribution in [1.29, 1.82) is 0 Å². The molecule has 3 N–H and O–H groups in total. The highest BCUT2D eigenvalue weighted by Gasteiger charge is 2.56. The Labute approximate surface area is 204 Å². The molecule has 35 heavy (non-hydrogen) atoms. The maximum atomic E-state index is 12.5. The molecule has 3 fully saturated rings. The van der Waals surface area contributed by atoms with Gasteiger partial charge in [0.2, 0.25) is 0 Å². The Hall–Kier alpha value is -3.39. The second-order valence-electron chi connectivity index (χ2n) is 9.51. The molecule has 0 aliphatic carbocycles. The Morgan fingerprint density at radius 3 is 1.97 bits per heavy atom. The number of carbonyl (C=O) groups is 3. The van der Waals surface area contributed by atoms with E-state index >= 15 is 0 Å². The molecule has 2 atom stereocenters. The maximum absolute atomic E-state index is 12.5. The fourth-order valence-corrected chi connectivity index (χ4v) is 6.18. The molecule has 8 nitrogen and oxygen atoms in total. The summed E-state index contributed by atoms with van der Waals surface area (Å²) in [5.41, 5.74) is 3.03. The molecular weight excluding hydrogens is 448 g/mol. The third kappa shape index (κ3) is 4.89. The number of fused-ring (bicyclic) bond motifs is 4. The molecule has 186 valence electrons. The van der Waals surface area contributed by atoms with Crippen LogP contribution in [0.5, 0.6) is 0 Å². The van der Waals surface area contributed by atoms with Gasteiger partial charge in [0, 0.05) is 19.0 Å². The van der Waals surface area contributed by atoms with Crippen LogP contribution in [0.3, 0.4) is 0 Å². The summed E-state index contributed by atoms with van der Waals surface area (Å²) in [6.45, 7) is 3.85. The highest BCUT2D eigenvalue weighted by Crippen LogP contribution is 2.52. The zero-order chi connectivity index (χ0) is 25.0. The number of hydrogen-bond acceptors (Lipinski definition) is 4. The Morgan fingerprint density at radius 2 is 1.43 bits per heavy atom. The minimum Gasteiger partial charge on any atom is -0.481 e. The van der Waals surface area contributed by atoms with E-state index in [2.05, 4.69) is 53.4 Å². The van der Waals surface area contributed by atoms with E-state index in [0.717, 1.165) is 31.6 Å². The minimum atomic E-state index is -1.08. The van der Waals surface area contributed by atoms with Crippen LogP contribution in [-0.4, -0.2) is 69.3 Å². The Bertz CT molecular complexity index is 1050. The molecule has 4 aliphatic rings. The standard InChI is InChI=1S/C23H26N2O2.C4H6O4/c26-22(27)25-15-12-17-6-4-5-9-20(17)23(25,19-7-2-1-3-8-19)21-16-24-13-10-18(21)11-14-24;5-3(6)1-2-4(7)8/h1-9,18,21H,10-16H2,(H,26,27);1-2H2,(H,5,6)(H,7,8)/t21?,23-;/m0./s1. The fourth-order valence-electron chi connectivity index (χ4n) is 6.18. The van der Waals surface area contributed by atoms with Gasteiger partial charge in [0.25, 0.3) is 0 Å². The van der Waals surface area contributed by atoms with Gasteiger partial charge < -0.3 is 20.2 Å². The van der Waals surface area contributed by atoms with Crippen LogP contribution in [0.1, 0.15) is 42.4 Å². The molecule has 1 amide bonds. The first-order valence-electron chi connectivity index (χ1n) is 12.1. The lowest BCUT2D eigenvalue weighted by atomic mass is 9.60. The van der Waals surface area contributed by atoms with Crippen molar-refractivity contribution in [3.05, 3.63) is 71.3 Å². The van der Waals surface area contributed by atoms with Crippen LogP contribution in [0.15, 0.2) is 54.6 Å². The first kappa shape index (κ1) is 24.7. The van der Waals surface area contributed by atoms with Gasteiger partial charge in [-0.2, -0.15) is 0 Å². The lowest BCUT2D eigenvalue weighted by Gasteiger charge is -2.58. The van der Waals surface area contributed by atoms with E-state index in [-0.39, 0.29) is 12.8 Å². The first-order valence-corrected chi connectivity index (χ1v) is 12.1. The molecular formula is C27H32N2O6. The van der Waals surface area contributed by atoms with E-state index in [0.29, 0.717) is 18.4 Å². The van der Waals surface area contributed by atoms with Crippen LogP contribution in [0, 0.1) is 11.8 Å². The van der Waals surface area contributed by atoms with Crippen molar-refractivity contribution in [2.24, 2.45) is 11.8 Å². The number of carboxylic acid groups (broad SMARTS) is 3. The van der Waals surface area contributed by atoms with Crippen molar-refractivity contribution in [3.8, 4) is 0 Å². The van der Waals surface area contributed by atoms with Gasteiger partial charge in [-0.25, -0.2) is 4.79 Å². The SMILES string of the molecule is O=C(O)CCC(=O)O.O=C(O)N1CCc2ccccc2[C@@]1(c1ccccc1)C1CN2CCC1CC2. The summed E-state index contributed by atoms with van der Waals surface area (Å²) < 4.78 is 0. The molecule has 2 aromatic carbocycles. The summed E-state index contributed by atoms with van der Waals surface area (Å²) in [4.78, 5) is 36.1. The van der Waals surface area contributed by atoms with Crippen LogP contribution in [0.4, 0.5) is 4.79 Å². The summed E-state index contributed by atoms with van der Waals surface area (Å²) in [5, 5.41) is 26.1. The van der Waals surface area contributed by atoms with Crippen molar-refractivity contribution in [3.63, 3.8) is 0 Å². The number of hydrogen-bond donors (Lipinski definition) is 3. The number of amides is 1. The van der Waals surface area contributed by atoms with Crippen molar-refractivity contribution in [1.82, 2.24) is 9.80 Å². The summed E-state index contributed by atoms with van der Waals surface area (Å²) in [6.07, 6.45) is 1.75. The van der Waals surface area contributed by atoms with Gasteiger partial charge in [-0.15, -0.1) is 0 Å². The summed E-state index contributed by atoms with van der Waals surface area (Å²) in [5.74, 6) is -1.29. The fraction of sp³-hybridized carbons (Fsp3) is 0.444. The summed E-state index contributed by atoms with van der Waals surface area (Å²) in [7, 11) is 0. The molecule has 0 aromatic heterocycles. The molecule has 4 aliphatic heterocycles. The number of benzene rings is 2. The highest BCUT2D eigenvalue weighted by molar-refractivity contribution is 5.75. The monoisotopic (exact) mass is 480 g/mol. The molecule has 2 bridgehead atoms. The lowest BCUT2D eigenvalue weighted by molar-refractivity contribution is -0.143. The quantitative estimate of drug-likeness (QED) is 0.596. The van der Waals surface area contributed by atoms with Gasteiger partial charge in [0.15, 0.2) is 0 Å². The summed E-state index contributed by atoms with van der Waals surface area (Å²) in [6, 6.07) is 18.9. The van der Waals surface area contributed by atoms with Gasteiger partial charge in [0.05, 0.1) is 12.8 Å². The van der Waals surface area contributed by atoms with E-state index in [1.54, 1.807) is 4.90 Å². The average Bonchev–Trinajstić information content (AvgIpc) is 2.88. The average molecular weight is 481 g/mol. The van der Waals surface area contributed by atoms with E-state index < -0.39 is 23.6 Å². The van der Waals surface area contributed by atoms with E-state index in [1.807, 2.05) is 6.07 Å². The number of aliphatic carboxylic acids is 2. The molecule has 8 heteroatoms. The molecule has 2 aromatic rings. The van der Waals surface area contributed by atoms with Crippen LogP contribution < -0.4 is 0 Å². The predicted octanol–water partition coefficient (Wildman–Crippen LogP) is 3.74. The zero-order valence-electron chi connectivity index (χ0n) is 19.7. The number of carboxylic acids is 2. The van der Waals surface area contributed by atoms with Gasteiger partial charge >= 0.3 is 18.0 Å². The maximum Gasteiger partial charge on any atom is 0.408 e. The van der Waals surface area contributed by atoms with Gasteiger partial charge in [-0.05, 0) is 55.0 Å². The predicted molar refractivity (Wildman–Crippen MR) is 129 cm³/mol. The topological polar surface area (TPSA) is 118 Å². The van der Waals surface area contributed by atoms with Gasteiger partial charge in [-0.1, -0.05) is 54.6 Å². The van der Waals surface area contributed by atoms with E-state index in [9.17, 15) is 19.5 Å². The number of nitrogens with zero attached hydrogens (tertiary/aromatic N) is 2. The van der Waals surface area contributed by atoms with Gasteiger partial charge in [0.1, 0.15) is 5.54 Å². The molecule has 0 saturated carbocycles. The number of rotatable bonds is 5. The van der Waals surface area contributed by atoms with Crippen LogP contribution in [-0.2, 0) is 21.5 Å². The van der Waals surface area contributed by atoms with Crippen molar-refractivity contribution >= 4 is 18.0 Å². The Balaban J connectivity index is 0.000000314. The molecule has 4 heterocycles. The van der Waals surface area contributed by atoms with Crippen LogP contribution in [0.25, 0.3) is 0 Å². The third-order valence-electron chi connectivity index (χ3n) is 7.65. The smallest absolute Gasteiger partial charge is 0.408 e. The Kier molecular flexibility index (Phi) is 7.40. The van der Waals surface area contributed by atoms with E-state index in [1.165, 1.54) is 24.0 Å². The highest BCUT2D eigenvalue weighted by atomic mass is 16.4. The van der Waals surface area contributed by atoms with Crippen molar-refractivity contribution in [2.75, 3.05) is 26.2 Å². The second kappa shape index (κ2) is 10.5. The third-order valence-corrected chi connectivity index (χ3v) is 7.65.